The van der Waals surface area contributed by atoms with E-state index in [2.05, 4.69) is 23.2 Å². The molecule has 3 nitrogen and oxygen atoms in total. The minimum Gasteiger partial charge on any atom is -0.380 e. The number of fused-ring (bicyclic) bond motifs is 1. The number of aromatic amines is 1. The van der Waals surface area contributed by atoms with Crippen molar-refractivity contribution in [3.63, 3.8) is 0 Å². The van der Waals surface area contributed by atoms with Gasteiger partial charge in [0.15, 0.2) is 0 Å². The molecule has 0 radical (unpaired) electrons. The second-order valence-electron chi connectivity index (χ2n) is 4.31. The molecule has 86 valence electrons. The van der Waals surface area contributed by atoms with Crippen molar-refractivity contribution in [2.24, 2.45) is 5.73 Å². The Morgan fingerprint density at radius 1 is 1.44 bits per heavy atom. The summed E-state index contributed by atoms with van der Waals surface area (Å²) in [6, 6.07) is 6.53. The number of rotatable bonds is 4. The van der Waals surface area contributed by atoms with Gasteiger partial charge in [-0.15, -0.1) is 0 Å². The zero-order chi connectivity index (χ0) is 11.5. The number of methoxy groups -OCH3 is 1. The Balaban J connectivity index is 2.39. The summed E-state index contributed by atoms with van der Waals surface area (Å²) in [6.45, 7) is 2.68. The summed E-state index contributed by atoms with van der Waals surface area (Å²) in [7, 11) is 1.71. The van der Waals surface area contributed by atoms with Crippen LogP contribution >= 0.6 is 0 Å². The molecule has 1 unspecified atom stereocenters. The van der Waals surface area contributed by atoms with Gasteiger partial charge in [0.05, 0.1) is 6.61 Å². The normalized spacial score (nSPS) is 13.2. The first-order chi connectivity index (χ1) is 7.70. The summed E-state index contributed by atoms with van der Waals surface area (Å²) in [5, 5.41) is 1.26. The van der Waals surface area contributed by atoms with Gasteiger partial charge in [0.2, 0.25) is 0 Å². The Bertz CT molecular complexity index is 474. The van der Waals surface area contributed by atoms with Gasteiger partial charge in [-0.3, -0.25) is 0 Å². The van der Waals surface area contributed by atoms with E-state index in [-0.39, 0.29) is 6.04 Å². The van der Waals surface area contributed by atoms with Crippen molar-refractivity contribution >= 4 is 10.9 Å². The minimum absolute atomic E-state index is 0.185. The SMILES string of the molecule is COCc1ccc2[nH]cc(CC(C)N)c2c1. The first-order valence-electron chi connectivity index (χ1n) is 5.54. The van der Waals surface area contributed by atoms with E-state index in [0.717, 1.165) is 11.9 Å². The quantitative estimate of drug-likeness (QED) is 0.826. The molecule has 0 spiro atoms. The lowest BCUT2D eigenvalue weighted by Crippen LogP contribution is -2.17. The Labute approximate surface area is 95.6 Å². The second-order valence-corrected chi connectivity index (χ2v) is 4.31. The fourth-order valence-electron chi connectivity index (χ4n) is 2.00. The zero-order valence-corrected chi connectivity index (χ0v) is 9.79. The molecule has 0 aliphatic carbocycles. The summed E-state index contributed by atoms with van der Waals surface area (Å²) in [5.41, 5.74) is 9.47. The van der Waals surface area contributed by atoms with Crippen molar-refractivity contribution in [3.8, 4) is 0 Å². The van der Waals surface area contributed by atoms with Crippen LogP contribution in [0, 0.1) is 0 Å². The molecule has 1 aromatic carbocycles. The van der Waals surface area contributed by atoms with Crippen LogP contribution in [0.2, 0.25) is 0 Å². The van der Waals surface area contributed by atoms with Gasteiger partial charge in [-0.25, -0.2) is 0 Å². The Kier molecular flexibility index (Phi) is 3.27. The number of nitrogens with one attached hydrogen (secondary N) is 1. The van der Waals surface area contributed by atoms with E-state index in [0.29, 0.717) is 6.61 Å². The average molecular weight is 218 g/mol. The van der Waals surface area contributed by atoms with Gasteiger partial charge in [0.25, 0.3) is 0 Å². The molecule has 16 heavy (non-hydrogen) atoms. The summed E-state index contributed by atoms with van der Waals surface area (Å²) in [4.78, 5) is 3.27. The summed E-state index contributed by atoms with van der Waals surface area (Å²) in [6.07, 6.45) is 2.95. The molecular formula is C13H18N2O. The Hall–Kier alpha value is -1.32. The number of hydrogen-bond acceptors (Lipinski definition) is 2. The molecule has 0 amide bonds. The lowest BCUT2D eigenvalue weighted by molar-refractivity contribution is 0.185. The van der Waals surface area contributed by atoms with Crippen LogP contribution < -0.4 is 5.73 Å². The average Bonchev–Trinajstić information content (AvgIpc) is 2.61. The fraction of sp³-hybridized carbons (Fsp3) is 0.385. The van der Waals surface area contributed by atoms with Gasteiger partial charge in [0, 0.05) is 30.3 Å². The Morgan fingerprint density at radius 2 is 2.25 bits per heavy atom. The molecule has 0 saturated carbocycles. The largest absolute Gasteiger partial charge is 0.380 e. The molecule has 0 saturated heterocycles. The molecule has 3 heteroatoms. The van der Waals surface area contributed by atoms with Crippen molar-refractivity contribution in [2.45, 2.75) is 26.0 Å². The number of hydrogen-bond donors (Lipinski definition) is 2. The highest BCUT2D eigenvalue weighted by molar-refractivity contribution is 5.83. The van der Waals surface area contributed by atoms with Crippen molar-refractivity contribution in [1.29, 1.82) is 0 Å². The molecular weight excluding hydrogens is 200 g/mol. The number of aromatic nitrogens is 1. The van der Waals surface area contributed by atoms with Crippen molar-refractivity contribution < 1.29 is 4.74 Å². The van der Waals surface area contributed by atoms with Gasteiger partial charge in [-0.1, -0.05) is 6.07 Å². The molecule has 1 aromatic heterocycles. The van der Waals surface area contributed by atoms with E-state index in [9.17, 15) is 0 Å². The zero-order valence-electron chi connectivity index (χ0n) is 9.79. The van der Waals surface area contributed by atoms with Crippen molar-refractivity contribution in [1.82, 2.24) is 4.98 Å². The van der Waals surface area contributed by atoms with Crippen molar-refractivity contribution in [2.75, 3.05) is 7.11 Å². The van der Waals surface area contributed by atoms with Crippen LogP contribution in [0.15, 0.2) is 24.4 Å². The van der Waals surface area contributed by atoms with Gasteiger partial charge in [-0.05, 0) is 36.6 Å². The third-order valence-electron chi connectivity index (χ3n) is 2.68. The molecule has 1 heterocycles. The maximum Gasteiger partial charge on any atom is 0.0713 e. The molecule has 1 atom stereocenters. The number of benzene rings is 1. The summed E-state index contributed by atoms with van der Waals surface area (Å²) >= 11 is 0. The molecule has 2 aromatic rings. The van der Waals surface area contributed by atoms with E-state index in [1.807, 2.05) is 13.1 Å². The van der Waals surface area contributed by atoms with E-state index < -0.39 is 0 Å². The predicted octanol–water partition coefficient (Wildman–Crippen LogP) is 2.20. The van der Waals surface area contributed by atoms with Crippen LogP contribution in [0.1, 0.15) is 18.1 Å². The third-order valence-corrected chi connectivity index (χ3v) is 2.68. The summed E-state index contributed by atoms with van der Waals surface area (Å²) < 4.78 is 5.14. The lowest BCUT2D eigenvalue weighted by atomic mass is 10.0. The lowest BCUT2D eigenvalue weighted by Gasteiger charge is -2.04. The third kappa shape index (κ3) is 2.26. The van der Waals surface area contributed by atoms with Crippen LogP contribution in [-0.2, 0) is 17.8 Å². The molecule has 0 bridgehead atoms. The van der Waals surface area contributed by atoms with Crippen LogP contribution in [-0.4, -0.2) is 18.1 Å². The van der Waals surface area contributed by atoms with E-state index >= 15 is 0 Å². The standard InChI is InChI=1S/C13H18N2O/c1-9(14)5-11-7-15-13-4-3-10(8-16-2)6-12(11)13/h3-4,6-7,9,15H,5,8,14H2,1-2H3. The van der Waals surface area contributed by atoms with Crippen LogP contribution in [0.4, 0.5) is 0 Å². The monoisotopic (exact) mass is 218 g/mol. The van der Waals surface area contributed by atoms with Gasteiger partial charge in [-0.2, -0.15) is 0 Å². The van der Waals surface area contributed by atoms with E-state index in [1.54, 1.807) is 7.11 Å². The van der Waals surface area contributed by atoms with Crippen molar-refractivity contribution in [3.05, 3.63) is 35.5 Å². The van der Waals surface area contributed by atoms with Gasteiger partial charge >= 0.3 is 0 Å². The topological polar surface area (TPSA) is 51.0 Å². The highest BCUT2D eigenvalue weighted by Crippen LogP contribution is 2.21. The first kappa shape index (κ1) is 11.2. The molecule has 0 fully saturated rings. The molecule has 2 rings (SSSR count). The Morgan fingerprint density at radius 3 is 2.94 bits per heavy atom. The second kappa shape index (κ2) is 4.68. The highest BCUT2D eigenvalue weighted by Gasteiger charge is 2.06. The maximum atomic E-state index is 5.83. The number of ether oxygens (including phenoxy) is 1. The minimum atomic E-state index is 0.185. The van der Waals surface area contributed by atoms with Crippen LogP contribution in [0.3, 0.4) is 0 Å². The summed E-state index contributed by atoms with van der Waals surface area (Å²) in [5.74, 6) is 0. The highest BCUT2D eigenvalue weighted by atomic mass is 16.5. The van der Waals surface area contributed by atoms with E-state index in [1.165, 1.54) is 16.5 Å². The molecule has 0 aliphatic heterocycles. The van der Waals surface area contributed by atoms with Gasteiger partial charge in [0.1, 0.15) is 0 Å². The first-order valence-corrected chi connectivity index (χ1v) is 5.54. The van der Waals surface area contributed by atoms with Crippen LogP contribution in [0.25, 0.3) is 10.9 Å². The van der Waals surface area contributed by atoms with E-state index in [4.69, 9.17) is 10.5 Å². The number of nitrogens with two attached hydrogens (primary N) is 1. The molecule has 0 aliphatic rings. The number of H-pyrrole nitrogens is 1. The molecule has 3 N–H and O–H groups in total. The fourth-order valence-corrected chi connectivity index (χ4v) is 2.00. The smallest absolute Gasteiger partial charge is 0.0713 e. The van der Waals surface area contributed by atoms with Gasteiger partial charge < -0.3 is 15.5 Å². The predicted molar refractivity (Wildman–Crippen MR) is 66.4 cm³/mol. The van der Waals surface area contributed by atoms with Crippen LogP contribution in [0.5, 0.6) is 0 Å². The maximum absolute atomic E-state index is 5.83.